The zero-order valence-corrected chi connectivity index (χ0v) is 10.9. The summed E-state index contributed by atoms with van der Waals surface area (Å²) in [7, 11) is 0. The van der Waals surface area contributed by atoms with Gasteiger partial charge in [-0.05, 0) is 36.7 Å². The number of aryl methyl sites for hydroxylation is 1. The number of hydrogen-bond donors (Lipinski definition) is 0. The van der Waals surface area contributed by atoms with Crippen molar-refractivity contribution < 1.29 is 0 Å². The molecule has 0 bridgehead atoms. The number of hydrogen-bond acceptors (Lipinski definition) is 0. The Hall–Kier alpha value is -1.04. The van der Waals surface area contributed by atoms with Gasteiger partial charge in [-0.25, -0.2) is 0 Å². The molecule has 0 aliphatic heterocycles. The van der Waals surface area contributed by atoms with E-state index in [9.17, 15) is 0 Å². The van der Waals surface area contributed by atoms with Gasteiger partial charge in [0.15, 0.2) is 0 Å². The Morgan fingerprint density at radius 3 is 2.31 bits per heavy atom. The van der Waals surface area contributed by atoms with Crippen molar-refractivity contribution in [1.82, 2.24) is 0 Å². The summed E-state index contributed by atoms with van der Waals surface area (Å²) < 4.78 is 0. The fourth-order valence-electron chi connectivity index (χ4n) is 1.67. The molecule has 0 saturated heterocycles. The fraction of sp³-hybridized carbons (Fsp3) is 0.500. The van der Waals surface area contributed by atoms with Gasteiger partial charge < -0.3 is 0 Å². The average Bonchev–Trinajstić information content (AvgIpc) is 2.23. The summed E-state index contributed by atoms with van der Waals surface area (Å²) in [5, 5.41) is 0. The summed E-state index contributed by atoms with van der Waals surface area (Å²) in [5.74, 6) is 0. The lowest BCUT2D eigenvalue weighted by Gasteiger charge is -2.10. The summed E-state index contributed by atoms with van der Waals surface area (Å²) >= 11 is 0. The van der Waals surface area contributed by atoms with Gasteiger partial charge in [-0.15, -0.1) is 0 Å². The molecule has 0 heterocycles. The molecule has 0 amide bonds. The Morgan fingerprint density at radius 1 is 1.00 bits per heavy atom. The van der Waals surface area contributed by atoms with Crippen LogP contribution in [0.5, 0.6) is 0 Å². The van der Waals surface area contributed by atoms with E-state index in [4.69, 9.17) is 0 Å². The summed E-state index contributed by atoms with van der Waals surface area (Å²) in [4.78, 5) is 0. The molecule has 16 heavy (non-hydrogen) atoms. The minimum absolute atomic E-state index is 0.333. The van der Waals surface area contributed by atoms with Gasteiger partial charge in [-0.3, -0.25) is 0 Å². The van der Waals surface area contributed by atoms with Crippen LogP contribution < -0.4 is 0 Å². The van der Waals surface area contributed by atoms with Crippen molar-refractivity contribution in [2.75, 3.05) is 0 Å². The summed E-state index contributed by atoms with van der Waals surface area (Å²) in [5.41, 5.74) is 1.79. The first kappa shape index (κ1) is 13.0. The average molecular weight is 216 g/mol. The Bertz CT molecular complexity index is 301. The Morgan fingerprint density at radius 2 is 1.69 bits per heavy atom. The van der Waals surface area contributed by atoms with Crippen molar-refractivity contribution in [1.29, 1.82) is 0 Å². The third kappa shape index (κ3) is 6.44. The molecular formula is C16H24. The van der Waals surface area contributed by atoms with Crippen LogP contribution in [-0.2, 0) is 6.42 Å². The predicted octanol–water partition coefficient (Wildman–Crippen LogP) is 5.00. The highest BCUT2D eigenvalue weighted by atomic mass is 14.1. The summed E-state index contributed by atoms with van der Waals surface area (Å²) in [6.07, 6.45) is 9.65. The molecule has 0 fully saturated rings. The third-order valence-electron chi connectivity index (χ3n) is 2.55. The molecule has 1 rings (SSSR count). The van der Waals surface area contributed by atoms with Crippen LogP contribution in [0.4, 0.5) is 0 Å². The van der Waals surface area contributed by atoms with E-state index in [2.05, 4.69) is 63.3 Å². The quantitative estimate of drug-likeness (QED) is 0.480. The number of benzene rings is 1. The molecule has 0 unspecified atom stereocenters. The van der Waals surface area contributed by atoms with E-state index in [0.29, 0.717) is 5.41 Å². The molecule has 1 aromatic carbocycles. The molecular weight excluding hydrogens is 192 g/mol. The first-order chi connectivity index (χ1) is 7.58. The third-order valence-corrected chi connectivity index (χ3v) is 2.55. The molecule has 1 aromatic rings. The van der Waals surface area contributed by atoms with Crippen molar-refractivity contribution in [2.24, 2.45) is 5.41 Å². The second-order valence-electron chi connectivity index (χ2n) is 5.50. The topological polar surface area (TPSA) is 0 Å². The number of unbranched alkanes of at least 4 members (excludes halogenated alkanes) is 2. The van der Waals surface area contributed by atoms with Crippen LogP contribution in [0.3, 0.4) is 0 Å². The van der Waals surface area contributed by atoms with E-state index in [1.54, 1.807) is 0 Å². The highest BCUT2D eigenvalue weighted by Crippen LogP contribution is 2.15. The normalized spacial score (nSPS) is 12.2. The molecule has 0 aromatic heterocycles. The van der Waals surface area contributed by atoms with E-state index < -0.39 is 0 Å². The lowest BCUT2D eigenvalue weighted by Crippen LogP contribution is -1.98. The van der Waals surface area contributed by atoms with Gasteiger partial charge in [-0.1, -0.05) is 63.3 Å². The van der Waals surface area contributed by atoms with Gasteiger partial charge in [-0.2, -0.15) is 0 Å². The first-order valence-electron chi connectivity index (χ1n) is 6.29. The van der Waals surface area contributed by atoms with E-state index in [1.165, 1.54) is 31.2 Å². The molecule has 0 radical (unpaired) electrons. The lowest BCUT2D eigenvalue weighted by molar-refractivity contribution is 0.541. The van der Waals surface area contributed by atoms with Crippen LogP contribution in [0.1, 0.15) is 45.6 Å². The second kappa shape index (κ2) is 6.52. The molecule has 0 aliphatic carbocycles. The molecule has 0 N–H and O–H groups in total. The molecule has 0 nitrogen and oxygen atoms in total. The molecule has 0 heteroatoms. The van der Waals surface area contributed by atoms with Crippen molar-refractivity contribution in [3.63, 3.8) is 0 Å². The predicted molar refractivity (Wildman–Crippen MR) is 72.6 cm³/mol. The van der Waals surface area contributed by atoms with Crippen LogP contribution in [0.2, 0.25) is 0 Å². The Kier molecular flexibility index (Phi) is 5.31. The van der Waals surface area contributed by atoms with Crippen molar-refractivity contribution in [3.05, 3.63) is 48.0 Å². The monoisotopic (exact) mass is 216 g/mol. The largest absolute Gasteiger partial charge is 0.0880 e. The van der Waals surface area contributed by atoms with Gasteiger partial charge >= 0.3 is 0 Å². The maximum Gasteiger partial charge on any atom is -0.0203 e. The zero-order valence-electron chi connectivity index (χ0n) is 10.9. The fourth-order valence-corrected chi connectivity index (χ4v) is 1.67. The molecule has 0 saturated carbocycles. The smallest absolute Gasteiger partial charge is 0.0203 e. The number of allylic oxidation sites excluding steroid dienone is 2. The zero-order chi connectivity index (χ0) is 11.9. The SMILES string of the molecule is CC(C)(C)/C=C/CCCCc1ccccc1. The molecule has 0 aliphatic rings. The van der Waals surface area contributed by atoms with E-state index in [1.807, 2.05) is 0 Å². The second-order valence-corrected chi connectivity index (χ2v) is 5.50. The standard InChI is InChI=1S/C16H24/c1-16(2,3)14-10-5-4-7-11-15-12-8-6-9-13-15/h6,8-10,12-14H,4-5,7,11H2,1-3H3/b14-10+. The Labute approximate surface area is 100 Å². The Balaban J connectivity index is 2.11. The van der Waals surface area contributed by atoms with Gasteiger partial charge in [0.1, 0.15) is 0 Å². The highest BCUT2D eigenvalue weighted by molar-refractivity contribution is 5.14. The van der Waals surface area contributed by atoms with Crippen molar-refractivity contribution in [3.8, 4) is 0 Å². The van der Waals surface area contributed by atoms with Crippen LogP contribution in [0.25, 0.3) is 0 Å². The maximum absolute atomic E-state index is 2.32. The molecule has 88 valence electrons. The van der Waals surface area contributed by atoms with Gasteiger partial charge in [0.05, 0.1) is 0 Å². The van der Waals surface area contributed by atoms with Crippen LogP contribution in [0, 0.1) is 5.41 Å². The minimum atomic E-state index is 0.333. The first-order valence-corrected chi connectivity index (χ1v) is 6.29. The van der Waals surface area contributed by atoms with Crippen molar-refractivity contribution in [2.45, 2.75) is 46.5 Å². The van der Waals surface area contributed by atoms with E-state index in [-0.39, 0.29) is 0 Å². The summed E-state index contributed by atoms with van der Waals surface area (Å²) in [6, 6.07) is 10.7. The molecule has 0 spiro atoms. The van der Waals surface area contributed by atoms with Gasteiger partial charge in [0, 0.05) is 0 Å². The molecule has 0 atom stereocenters. The van der Waals surface area contributed by atoms with E-state index in [0.717, 1.165) is 0 Å². The number of rotatable bonds is 5. The van der Waals surface area contributed by atoms with Crippen LogP contribution in [0.15, 0.2) is 42.5 Å². The highest BCUT2D eigenvalue weighted by Gasteiger charge is 2.02. The van der Waals surface area contributed by atoms with Gasteiger partial charge in [0.2, 0.25) is 0 Å². The van der Waals surface area contributed by atoms with Crippen LogP contribution in [-0.4, -0.2) is 0 Å². The van der Waals surface area contributed by atoms with Crippen LogP contribution >= 0.6 is 0 Å². The lowest BCUT2D eigenvalue weighted by atomic mass is 9.95. The minimum Gasteiger partial charge on any atom is -0.0880 e. The maximum atomic E-state index is 2.32. The summed E-state index contributed by atoms with van der Waals surface area (Å²) in [6.45, 7) is 6.73. The van der Waals surface area contributed by atoms with Gasteiger partial charge in [0.25, 0.3) is 0 Å². The van der Waals surface area contributed by atoms with E-state index >= 15 is 0 Å². The van der Waals surface area contributed by atoms with Crippen molar-refractivity contribution >= 4 is 0 Å².